The van der Waals surface area contributed by atoms with Crippen LogP contribution < -0.4 is 11.1 Å². The van der Waals surface area contributed by atoms with E-state index in [0.717, 1.165) is 19.4 Å². The van der Waals surface area contributed by atoms with Gasteiger partial charge in [0.05, 0.1) is 5.54 Å². The fraction of sp³-hybridized carbons (Fsp3) is 0.625. The number of carbonyl (C=O) groups is 1. The molecule has 1 aliphatic heterocycles. The summed E-state index contributed by atoms with van der Waals surface area (Å²) in [7, 11) is 0. The minimum atomic E-state index is -0.665. The van der Waals surface area contributed by atoms with Crippen LogP contribution in [0.3, 0.4) is 0 Å². The van der Waals surface area contributed by atoms with Gasteiger partial charge < -0.3 is 15.6 Å². The Kier molecular flexibility index (Phi) is 1.99. The Hall–Kier alpha value is -1.43. The first-order valence-electron chi connectivity index (χ1n) is 4.51. The van der Waals surface area contributed by atoms with Crippen LogP contribution in [0.5, 0.6) is 0 Å². The molecule has 2 heterocycles. The van der Waals surface area contributed by atoms with E-state index in [1.54, 1.807) is 0 Å². The summed E-state index contributed by atoms with van der Waals surface area (Å²) in [6.07, 6.45) is 1.98. The normalized spacial score (nSPS) is 26.6. The van der Waals surface area contributed by atoms with E-state index in [2.05, 4.69) is 15.5 Å². The molecule has 1 saturated heterocycles. The lowest BCUT2D eigenvalue weighted by molar-refractivity contribution is 0.0987. The average molecular weight is 196 g/mol. The minimum absolute atomic E-state index is 0.0603. The molecule has 0 radical (unpaired) electrons. The van der Waals surface area contributed by atoms with E-state index < -0.39 is 5.91 Å². The highest BCUT2D eigenvalue weighted by Gasteiger charge is 2.36. The maximum Gasteiger partial charge on any atom is 0.290 e. The van der Waals surface area contributed by atoms with Crippen molar-refractivity contribution in [3.8, 4) is 0 Å². The molecule has 1 amide bonds. The van der Waals surface area contributed by atoms with Gasteiger partial charge in [-0.2, -0.15) is 4.98 Å². The van der Waals surface area contributed by atoms with Crippen molar-refractivity contribution in [2.45, 2.75) is 25.3 Å². The molecule has 0 aromatic carbocycles. The van der Waals surface area contributed by atoms with Gasteiger partial charge in [-0.25, -0.2) is 0 Å². The second kappa shape index (κ2) is 3.06. The highest BCUT2D eigenvalue weighted by atomic mass is 16.5. The maximum absolute atomic E-state index is 10.8. The van der Waals surface area contributed by atoms with Gasteiger partial charge in [-0.15, -0.1) is 0 Å². The molecule has 6 heteroatoms. The van der Waals surface area contributed by atoms with Gasteiger partial charge in [0.25, 0.3) is 11.7 Å². The van der Waals surface area contributed by atoms with Gasteiger partial charge in [0.15, 0.2) is 0 Å². The number of primary amides is 1. The van der Waals surface area contributed by atoms with Crippen molar-refractivity contribution in [1.29, 1.82) is 0 Å². The van der Waals surface area contributed by atoms with Gasteiger partial charge in [-0.1, -0.05) is 5.16 Å². The predicted octanol–water partition coefficient (Wildman–Crippen LogP) is -0.233. The van der Waals surface area contributed by atoms with E-state index in [4.69, 9.17) is 10.3 Å². The van der Waals surface area contributed by atoms with Crippen LogP contribution in [0, 0.1) is 0 Å². The highest BCUT2D eigenvalue weighted by molar-refractivity contribution is 5.88. The molecule has 1 aliphatic rings. The molecule has 2 rings (SSSR count). The fourth-order valence-corrected chi connectivity index (χ4v) is 1.62. The summed E-state index contributed by atoms with van der Waals surface area (Å²) in [6.45, 7) is 2.89. The van der Waals surface area contributed by atoms with Crippen molar-refractivity contribution in [3.05, 3.63) is 11.7 Å². The summed E-state index contributed by atoms with van der Waals surface area (Å²) < 4.78 is 4.99. The lowest BCUT2D eigenvalue weighted by Crippen LogP contribution is -2.33. The molecule has 3 N–H and O–H groups in total. The van der Waals surface area contributed by atoms with Gasteiger partial charge in [-0.3, -0.25) is 4.79 Å². The van der Waals surface area contributed by atoms with Crippen molar-refractivity contribution in [1.82, 2.24) is 15.5 Å². The Bertz CT molecular complexity index is 354. The third-order valence-corrected chi connectivity index (χ3v) is 2.49. The lowest BCUT2D eigenvalue weighted by atomic mass is 10.0. The molecule has 0 bridgehead atoms. The van der Waals surface area contributed by atoms with Crippen LogP contribution in [-0.2, 0) is 5.54 Å². The van der Waals surface area contributed by atoms with Gasteiger partial charge in [0.1, 0.15) is 0 Å². The van der Waals surface area contributed by atoms with Crippen LogP contribution in [-0.4, -0.2) is 22.6 Å². The molecule has 1 unspecified atom stereocenters. The minimum Gasteiger partial charge on any atom is -0.363 e. The molecule has 1 fully saturated rings. The van der Waals surface area contributed by atoms with Crippen LogP contribution in [0.2, 0.25) is 0 Å². The number of nitrogens with two attached hydrogens (primary N) is 1. The summed E-state index contributed by atoms with van der Waals surface area (Å²) >= 11 is 0. The Balaban J connectivity index is 2.28. The monoisotopic (exact) mass is 196 g/mol. The molecular weight excluding hydrogens is 184 g/mol. The standard InChI is InChI=1S/C8H12N4O2/c1-8(3-2-4-10-8)7-11-6(5(9)13)12-14-7/h10H,2-4H2,1H3,(H2,9,13). The van der Waals surface area contributed by atoms with Crippen LogP contribution in [0.25, 0.3) is 0 Å². The number of nitrogens with one attached hydrogen (secondary N) is 1. The van der Waals surface area contributed by atoms with Crippen molar-refractivity contribution in [2.75, 3.05) is 6.54 Å². The van der Waals surface area contributed by atoms with E-state index >= 15 is 0 Å². The van der Waals surface area contributed by atoms with Gasteiger partial charge >= 0.3 is 0 Å². The Morgan fingerprint density at radius 3 is 3.00 bits per heavy atom. The molecule has 0 aliphatic carbocycles. The van der Waals surface area contributed by atoms with Crippen molar-refractivity contribution in [3.63, 3.8) is 0 Å². The first-order valence-corrected chi connectivity index (χ1v) is 4.51. The summed E-state index contributed by atoms with van der Waals surface area (Å²) in [5.74, 6) is -0.291. The number of amides is 1. The molecule has 6 nitrogen and oxygen atoms in total. The summed E-state index contributed by atoms with van der Waals surface area (Å²) in [5.41, 5.74) is 4.72. The van der Waals surface area contributed by atoms with Crippen LogP contribution >= 0.6 is 0 Å². The molecule has 0 saturated carbocycles. The number of hydrogen-bond donors (Lipinski definition) is 2. The Labute approximate surface area is 80.9 Å². The summed E-state index contributed by atoms with van der Waals surface area (Å²) in [5, 5.41) is 6.76. The van der Waals surface area contributed by atoms with E-state index in [0.29, 0.717) is 5.89 Å². The van der Waals surface area contributed by atoms with Crippen LogP contribution in [0.15, 0.2) is 4.52 Å². The first-order chi connectivity index (χ1) is 6.62. The van der Waals surface area contributed by atoms with Gasteiger partial charge in [0, 0.05) is 0 Å². The van der Waals surface area contributed by atoms with Crippen LogP contribution in [0.4, 0.5) is 0 Å². The quantitative estimate of drug-likeness (QED) is 0.681. The number of carbonyl (C=O) groups excluding carboxylic acids is 1. The Morgan fingerprint density at radius 2 is 2.50 bits per heavy atom. The zero-order valence-corrected chi connectivity index (χ0v) is 7.91. The molecule has 14 heavy (non-hydrogen) atoms. The highest BCUT2D eigenvalue weighted by Crippen LogP contribution is 2.28. The number of nitrogens with zero attached hydrogens (tertiary/aromatic N) is 2. The predicted molar refractivity (Wildman–Crippen MR) is 47.4 cm³/mol. The average Bonchev–Trinajstić information content (AvgIpc) is 2.71. The van der Waals surface area contributed by atoms with E-state index in [-0.39, 0.29) is 11.4 Å². The van der Waals surface area contributed by atoms with Crippen molar-refractivity contribution in [2.24, 2.45) is 5.73 Å². The topological polar surface area (TPSA) is 94.0 Å². The van der Waals surface area contributed by atoms with Crippen molar-refractivity contribution < 1.29 is 9.32 Å². The number of rotatable bonds is 2. The zero-order chi connectivity index (χ0) is 10.2. The van der Waals surface area contributed by atoms with Gasteiger partial charge in [0.2, 0.25) is 5.89 Å². The van der Waals surface area contributed by atoms with Crippen molar-refractivity contribution >= 4 is 5.91 Å². The fourth-order valence-electron chi connectivity index (χ4n) is 1.62. The number of aromatic nitrogens is 2. The molecule has 0 spiro atoms. The summed E-state index contributed by atoms with van der Waals surface area (Å²) in [4.78, 5) is 14.7. The SMILES string of the molecule is CC1(c2nc(C(N)=O)no2)CCCN1. The molecule has 1 atom stereocenters. The number of hydrogen-bond acceptors (Lipinski definition) is 5. The van der Waals surface area contributed by atoms with E-state index in [9.17, 15) is 4.79 Å². The molecule has 1 aromatic rings. The van der Waals surface area contributed by atoms with Gasteiger partial charge in [-0.05, 0) is 26.3 Å². The molecular formula is C8H12N4O2. The molecule has 1 aromatic heterocycles. The lowest BCUT2D eigenvalue weighted by Gasteiger charge is -2.18. The smallest absolute Gasteiger partial charge is 0.290 e. The molecule has 76 valence electrons. The van der Waals surface area contributed by atoms with E-state index in [1.807, 2.05) is 6.92 Å². The summed E-state index contributed by atoms with van der Waals surface area (Å²) in [6, 6.07) is 0. The Morgan fingerprint density at radius 1 is 1.71 bits per heavy atom. The largest absolute Gasteiger partial charge is 0.363 e. The maximum atomic E-state index is 10.8. The second-order valence-electron chi connectivity index (χ2n) is 3.65. The first kappa shape index (κ1) is 9.14. The third kappa shape index (κ3) is 1.37. The van der Waals surface area contributed by atoms with E-state index in [1.165, 1.54) is 0 Å². The zero-order valence-electron chi connectivity index (χ0n) is 7.91. The van der Waals surface area contributed by atoms with Crippen LogP contribution in [0.1, 0.15) is 36.3 Å². The second-order valence-corrected chi connectivity index (χ2v) is 3.65. The third-order valence-electron chi connectivity index (χ3n) is 2.49.